The lowest BCUT2D eigenvalue weighted by Crippen LogP contribution is -2.08. The van der Waals surface area contributed by atoms with E-state index in [1.165, 1.54) is 0 Å². The van der Waals surface area contributed by atoms with Gasteiger partial charge >= 0.3 is 0 Å². The van der Waals surface area contributed by atoms with Gasteiger partial charge in [-0.25, -0.2) is 0 Å². The molecule has 1 nitrogen and oxygen atoms in total. The predicted octanol–water partition coefficient (Wildman–Crippen LogP) is 5.06. The van der Waals surface area contributed by atoms with Crippen LogP contribution in [0.5, 0.6) is 5.75 Å². The van der Waals surface area contributed by atoms with E-state index in [0.717, 1.165) is 12.0 Å². The Kier molecular flexibility index (Phi) is 4.52. The Labute approximate surface area is 108 Å². The molecule has 0 amide bonds. The molecule has 0 aliphatic heterocycles. The molecule has 0 saturated heterocycles. The van der Waals surface area contributed by atoms with E-state index in [-0.39, 0.29) is 10.8 Å². The minimum Gasteiger partial charge on any atom is -0.495 e. The molecule has 0 radical (unpaired) electrons. The molecule has 3 heteroatoms. The molecule has 0 aliphatic rings. The highest BCUT2D eigenvalue weighted by molar-refractivity contribution is 6.32. The molecular formula is C13H18Cl2O. The van der Waals surface area contributed by atoms with Crippen molar-refractivity contribution in [1.82, 2.24) is 0 Å². The Morgan fingerprint density at radius 1 is 1.31 bits per heavy atom. The summed E-state index contributed by atoms with van der Waals surface area (Å²) < 4.78 is 5.11. The summed E-state index contributed by atoms with van der Waals surface area (Å²) >= 11 is 12.4. The van der Waals surface area contributed by atoms with Crippen molar-refractivity contribution in [3.63, 3.8) is 0 Å². The van der Waals surface area contributed by atoms with Crippen LogP contribution in [0.4, 0.5) is 0 Å². The van der Waals surface area contributed by atoms with Gasteiger partial charge < -0.3 is 4.74 Å². The van der Waals surface area contributed by atoms with Crippen molar-refractivity contribution in [3.05, 3.63) is 28.8 Å². The molecule has 1 aromatic carbocycles. The lowest BCUT2D eigenvalue weighted by atomic mass is 9.88. The van der Waals surface area contributed by atoms with E-state index in [0.29, 0.717) is 10.8 Å². The number of hydrogen-bond acceptors (Lipinski definition) is 1. The van der Waals surface area contributed by atoms with Crippen molar-refractivity contribution >= 4 is 23.2 Å². The Balaban J connectivity index is 2.85. The van der Waals surface area contributed by atoms with Crippen molar-refractivity contribution < 1.29 is 4.74 Å². The minimum absolute atomic E-state index is 0.0107. The summed E-state index contributed by atoms with van der Waals surface area (Å²) in [5, 5.41) is 0.600. The Morgan fingerprint density at radius 3 is 2.38 bits per heavy atom. The van der Waals surface area contributed by atoms with E-state index in [2.05, 4.69) is 20.8 Å². The maximum absolute atomic E-state index is 6.36. The smallest absolute Gasteiger partial charge is 0.137 e. The second-order valence-electron chi connectivity index (χ2n) is 5.13. The predicted molar refractivity (Wildman–Crippen MR) is 70.7 cm³/mol. The molecule has 0 aromatic heterocycles. The van der Waals surface area contributed by atoms with Crippen LogP contribution < -0.4 is 4.74 Å². The minimum atomic E-state index is -0.0107. The number of benzene rings is 1. The van der Waals surface area contributed by atoms with E-state index in [1.54, 1.807) is 7.11 Å². The van der Waals surface area contributed by atoms with Gasteiger partial charge in [-0.3, -0.25) is 0 Å². The molecular weight excluding hydrogens is 243 g/mol. The van der Waals surface area contributed by atoms with E-state index in [9.17, 15) is 0 Å². The Bertz CT molecular complexity index is 355. The van der Waals surface area contributed by atoms with Crippen LogP contribution in [-0.4, -0.2) is 7.11 Å². The number of halogens is 2. The van der Waals surface area contributed by atoms with Gasteiger partial charge in [0.2, 0.25) is 0 Å². The van der Waals surface area contributed by atoms with Gasteiger partial charge in [-0.15, -0.1) is 11.6 Å². The fraction of sp³-hybridized carbons (Fsp3) is 0.538. The van der Waals surface area contributed by atoms with Crippen LogP contribution in [0.1, 0.15) is 38.1 Å². The molecule has 0 saturated carbocycles. The average Bonchev–Trinajstić information content (AvgIpc) is 2.15. The number of rotatable bonds is 3. The van der Waals surface area contributed by atoms with Gasteiger partial charge in [-0.2, -0.15) is 0 Å². The summed E-state index contributed by atoms with van der Waals surface area (Å²) in [6.45, 7) is 6.52. The average molecular weight is 261 g/mol. The van der Waals surface area contributed by atoms with Crippen molar-refractivity contribution in [2.75, 3.05) is 7.11 Å². The number of methoxy groups -OCH3 is 1. The van der Waals surface area contributed by atoms with Crippen LogP contribution in [0.3, 0.4) is 0 Å². The number of ether oxygens (including phenoxy) is 1. The van der Waals surface area contributed by atoms with E-state index in [4.69, 9.17) is 27.9 Å². The largest absolute Gasteiger partial charge is 0.495 e. The molecule has 1 atom stereocenters. The van der Waals surface area contributed by atoms with Crippen LogP contribution in [0.2, 0.25) is 5.02 Å². The maximum atomic E-state index is 6.36. The summed E-state index contributed by atoms with van der Waals surface area (Å²) in [4.78, 5) is 0. The molecule has 1 aromatic rings. The molecule has 0 N–H and O–H groups in total. The van der Waals surface area contributed by atoms with Crippen LogP contribution in [0.15, 0.2) is 18.2 Å². The summed E-state index contributed by atoms with van der Waals surface area (Å²) in [5.74, 6) is 0.685. The first-order valence-corrected chi connectivity index (χ1v) is 6.12. The zero-order valence-corrected chi connectivity index (χ0v) is 11.7. The van der Waals surface area contributed by atoms with Crippen LogP contribution in [0, 0.1) is 5.41 Å². The van der Waals surface area contributed by atoms with Gasteiger partial charge in [-0.1, -0.05) is 38.4 Å². The molecule has 0 spiro atoms. The first-order valence-electron chi connectivity index (χ1n) is 5.31. The summed E-state index contributed by atoms with van der Waals surface area (Å²) in [6, 6.07) is 5.70. The molecule has 0 bridgehead atoms. The highest BCUT2D eigenvalue weighted by Gasteiger charge is 2.18. The fourth-order valence-electron chi connectivity index (χ4n) is 1.53. The van der Waals surface area contributed by atoms with Gasteiger partial charge in [0.05, 0.1) is 17.5 Å². The lowest BCUT2D eigenvalue weighted by Gasteiger charge is -2.22. The van der Waals surface area contributed by atoms with Crippen molar-refractivity contribution in [2.24, 2.45) is 5.41 Å². The summed E-state index contributed by atoms with van der Waals surface area (Å²) in [5.41, 5.74) is 1.25. The van der Waals surface area contributed by atoms with Crippen molar-refractivity contribution in [3.8, 4) is 5.75 Å². The third-order valence-corrected chi connectivity index (χ3v) is 3.03. The maximum Gasteiger partial charge on any atom is 0.137 e. The van der Waals surface area contributed by atoms with Crippen LogP contribution >= 0.6 is 23.2 Å². The first kappa shape index (κ1) is 13.7. The highest BCUT2D eigenvalue weighted by atomic mass is 35.5. The third-order valence-electron chi connectivity index (χ3n) is 2.33. The van der Waals surface area contributed by atoms with Crippen molar-refractivity contribution in [2.45, 2.75) is 32.6 Å². The Hall–Kier alpha value is -0.400. The molecule has 90 valence electrons. The normalized spacial score (nSPS) is 13.6. The van der Waals surface area contributed by atoms with Gasteiger partial charge in [0.15, 0.2) is 0 Å². The molecule has 0 aliphatic carbocycles. The van der Waals surface area contributed by atoms with Gasteiger partial charge in [-0.05, 0) is 29.5 Å². The van der Waals surface area contributed by atoms with E-state index in [1.807, 2.05) is 18.2 Å². The van der Waals surface area contributed by atoms with E-state index >= 15 is 0 Å². The topological polar surface area (TPSA) is 9.23 Å². The second kappa shape index (κ2) is 5.29. The third kappa shape index (κ3) is 3.88. The van der Waals surface area contributed by atoms with E-state index < -0.39 is 0 Å². The first-order chi connectivity index (χ1) is 7.33. The van der Waals surface area contributed by atoms with Crippen LogP contribution in [-0.2, 0) is 0 Å². The second-order valence-corrected chi connectivity index (χ2v) is 6.06. The Morgan fingerprint density at radius 2 is 1.94 bits per heavy atom. The van der Waals surface area contributed by atoms with Gasteiger partial charge in [0.25, 0.3) is 0 Å². The monoisotopic (exact) mass is 260 g/mol. The fourth-order valence-corrected chi connectivity index (χ4v) is 2.40. The zero-order valence-electron chi connectivity index (χ0n) is 10.2. The molecule has 0 heterocycles. The number of hydrogen-bond donors (Lipinski definition) is 0. The quantitative estimate of drug-likeness (QED) is 0.690. The molecule has 16 heavy (non-hydrogen) atoms. The SMILES string of the molecule is COc1ccc(C(Cl)CC(C)(C)C)cc1Cl. The molecule has 1 rings (SSSR count). The number of alkyl halides is 1. The molecule has 0 fully saturated rings. The van der Waals surface area contributed by atoms with Gasteiger partial charge in [0, 0.05) is 0 Å². The van der Waals surface area contributed by atoms with Crippen LogP contribution in [0.25, 0.3) is 0 Å². The molecule has 1 unspecified atom stereocenters. The standard InChI is InChI=1S/C13H18Cl2O/c1-13(2,3)8-11(15)9-5-6-12(16-4)10(14)7-9/h5-7,11H,8H2,1-4H3. The zero-order chi connectivity index (χ0) is 12.3. The summed E-state index contributed by atoms with van der Waals surface area (Å²) in [7, 11) is 1.61. The summed E-state index contributed by atoms with van der Waals surface area (Å²) in [6.07, 6.45) is 0.914. The lowest BCUT2D eigenvalue weighted by molar-refractivity contribution is 0.372. The van der Waals surface area contributed by atoms with Crippen molar-refractivity contribution in [1.29, 1.82) is 0 Å². The van der Waals surface area contributed by atoms with Gasteiger partial charge in [0.1, 0.15) is 5.75 Å². The highest BCUT2D eigenvalue weighted by Crippen LogP contribution is 2.36.